The van der Waals surface area contributed by atoms with Gasteiger partial charge in [0.15, 0.2) is 5.09 Å². The highest BCUT2D eigenvalue weighted by Gasteiger charge is 2.53. The fourth-order valence-corrected chi connectivity index (χ4v) is 3.92. The number of ether oxygens (including phenoxy) is 2. The van der Waals surface area contributed by atoms with Crippen LogP contribution in [0.2, 0.25) is 0 Å². The quantitative estimate of drug-likeness (QED) is 0.629. The number of nitrogens with zero attached hydrogens (tertiary/aromatic N) is 3. The summed E-state index contributed by atoms with van der Waals surface area (Å²) in [6.45, 7) is 5.41. The van der Waals surface area contributed by atoms with Crippen LogP contribution in [0.5, 0.6) is 5.88 Å². The lowest BCUT2D eigenvalue weighted by molar-refractivity contribution is -0.142. The van der Waals surface area contributed by atoms with Crippen LogP contribution in [-0.2, 0) is 16.3 Å². The van der Waals surface area contributed by atoms with E-state index in [4.69, 9.17) is 9.47 Å². The summed E-state index contributed by atoms with van der Waals surface area (Å²) in [6.07, 6.45) is -5.09. The van der Waals surface area contributed by atoms with Crippen molar-refractivity contribution in [3.8, 4) is 11.9 Å². The second-order valence-corrected chi connectivity index (χ2v) is 8.13. The Labute approximate surface area is 164 Å². The zero-order valence-corrected chi connectivity index (χ0v) is 16.4. The lowest BCUT2D eigenvalue weighted by atomic mass is 9.67. The maximum absolute atomic E-state index is 13.5. The van der Waals surface area contributed by atoms with E-state index in [0.29, 0.717) is 0 Å². The van der Waals surface area contributed by atoms with Gasteiger partial charge in [0.2, 0.25) is 5.88 Å². The van der Waals surface area contributed by atoms with Gasteiger partial charge in [-0.3, -0.25) is 5.10 Å². The van der Waals surface area contributed by atoms with Gasteiger partial charge in [0, 0.05) is 18.5 Å². The number of aromatic nitrogens is 2. The van der Waals surface area contributed by atoms with Gasteiger partial charge in [-0.25, -0.2) is 4.79 Å². The van der Waals surface area contributed by atoms with E-state index in [1.54, 1.807) is 20.8 Å². The van der Waals surface area contributed by atoms with E-state index in [-0.39, 0.29) is 48.0 Å². The van der Waals surface area contributed by atoms with E-state index < -0.39 is 29.0 Å². The van der Waals surface area contributed by atoms with E-state index in [0.717, 1.165) is 0 Å². The van der Waals surface area contributed by atoms with Gasteiger partial charge in [0.1, 0.15) is 17.4 Å². The number of likely N-dealkylation sites (tertiary alicyclic amines) is 1. The summed E-state index contributed by atoms with van der Waals surface area (Å²) in [5.41, 5.74) is -3.25. The highest BCUT2D eigenvalue weighted by atomic mass is 32.1. The van der Waals surface area contributed by atoms with E-state index in [2.05, 4.69) is 17.7 Å². The van der Waals surface area contributed by atoms with Gasteiger partial charge in [-0.2, -0.15) is 18.4 Å². The maximum atomic E-state index is 13.5. The van der Waals surface area contributed by atoms with Crippen molar-refractivity contribution < 1.29 is 27.4 Å². The Bertz CT molecular complexity index is 872. The molecule has 7 nitrogen and oxygen atoms in total. The number of hydrogen-bond acceptors (Lipinski definition) is 6. The van der Waals surface area contributed by atoms with Crippen molar-refractivity contribution in [3.63, 3.8) is 0 Å². The molecule has 3 heterocycles. The molecular formula is C17H19F3N4O3S. The van der Waals surface area contributed by atoms with Crippen molar-refractivity contribution >= 4 is 18.7 Å². The second-order valence-electron chi connectivity index (χ2n) is 7.72. The van der Waals surface area contributed by atoms with Crippen molar-refractivity contribution in [3.05, 3.63) is 21.9 Å². The van der Waals surface area contributed by atoms with Gasteiger partial charge >= 0.3 is 12.3 Å². The van der Waals surface area contributed by atoms with E-state index in [1.807, 2.05) is 11.2 Å². The van der Waals surface area contributed by atoms with Gasteiger partial charge in [0.25, 0.3) is 0 Å². The van der Waals surface area contributed by atoms with Gasteiger partial charge in [-0.1, -0.05) is 0 Å². The largest absolute Gasteiger partial charge is 0.444 e. The van der Waals surface area contributed by atoms with Crippen molar-refractivity contribution in [2.24, 2.45) is 0 Å². The number of allylic oxidation sites excluding steroid dienone is 1. The monoisotopic (exact) mass is 416 g/mol. The Kier molecular flexibility index (Phi) is 4.82. The number of aromatic amines is 1. The molecule has 2 aliphatic rings. The number of hydrogen-bond donors (Lipinski definition) is 2. The van der Waals surface area contributed by atoms with Gasteiger partial charge in [0.05, 0.1) is 11.1 Å². The van der Waals surface area contributed by atoms with Crippen LogP contribution >= 0.6 is 12.6 Å². The first-order chi connectivity index (χ1) is 12.9. The van der Waals surface area contributed by atoms with E-state index in [9.17, 15) is 23.2 Å². The molecule has 1 saturated heterocycles. The topological polar surface area (TPSA) is 91.2 Å². The van der Waals surface area contributed by atoms with Crippen LogP contribution < -0.4 is 4.74 Å². The van der Waals surface area contributed by atoms with E-state index in [1.165, 1.54) is 4.90 Å². The third-order valence-electron chi connectivity index (χ3n) is 4.76. The minimum Gasteiger partial charge on any atom is -0.444 e. The highest BCUT2D eigenvalue weighted by Crippen LogP contribution is 2.53. The third-order valence-corrected chi connectivity index (χ3v) is 5.08. The van der Waals surface area contributed by atoms with Gasteiger partial charge in [-0.05, 0) is 33.6 Å². The highest BCUT2D eigenvalue weighted by molar-refractivity contribution is 7.84. The number of amides is 1. The molecule has 3 rings (SSSR count). The summed E-state index contributed by atoms with van der Waals surface area (Å²) in [5, 5.41) is 15.1. The normalized spacial score (nSPS) is 19.1. The maximum Gasteiger partial charge on any atom is 0.433 e. The fraction of sp³-hybridized carbons (Fsp3) is 0.588. The summed E-state index contributed by atoms with van der Waals surface area (Å²) in [6, 6.07) is 1.94. The molecule has 1 aromatic heterocycles. The van der Waals surface area contributed by atoms with Crippen LogP contribution in [0.1, 0.15) is 44.9 Å². The Hall–Kier alpha value is -2.35. The number of carbonyl (C=O) groups is 1. The summed E-state index contributed by atoms with van der Waals surface area (Å²) in [7, 11) is 0. The summed E-state index contributed by atoms with van der Waals surface area (Å²) >= 11 is 4.14. The zero-order chi connectivity index (χ0) is 20.9. The average Bonchev–Trinajstić information content (AvgIpc) is 2.99. The van der Waals surface area contributed by atoms with Gasteiger partial charge in [-0.15, -0.1) is 17.7 Å². The number of halogens is 3. The van der Waals surface area contributed by atoms with Crippen molar-refractivity contribution in [2.75, 3.05) is 13.1 Å². The lowest BCUT2D eigenvalue weighted by Gasteiger charge is -2.43. The molecule has 1 N–H and O–H groups in total. The Morgan fingerprint density at radius 2 is 1.96 bits per heavy atom. The molecule has 0 saturated carbocycles. The number of fused-ring (bicyclic) bond motifs is 2. The molecule has 1 amide bonds. The molecule has 0 unspecified atom stereocenters. The lowest BCUT2D eigenvalue weighted by Crippen LogP contribution is -2.49. The van der Waals surface area contributed by atoms with Crippen molar-refractivity contribution in [1.29, 1.82) is 5.26 Å². The Morgan fingerprint density at radius 3 is 2.46 bits per heavy atom. The van der Waals surface area contributed by atoms with Crippen molar-refractivity contribution in [2.45, 2.75) is 50.8 Å². The zero-order valence-electron chi connectivity index (χ0n) is 15.5. The molecule has 0 aliphatic carbocycles. The molecule has 28 heavy (non-hydrogen) atoms. The van der Waals surface area contributed by atoms with Crippen LogP contribution in [-0.4, -0.2) is 39.9 Å². The molecule has 2 aliphatic heterocycles. The van der Waals surface area contributed by atoms with E-state index >= 15 is 0 Å². The molecule has 1 spiro atoms. The Balaban J connectivity index is 1.99. The molecule has 0 bridgehead atoms. The van der Waals surface area contributed by atoms with Crippen LogP contribution in [0, 0.1) is 11.3 Å². The van der Waals surface area contributed by atoms with Crippen LogP contribution in [0.25, 0.3) is 0 Å². The van der Waals surface area contributed by atoms with Crippen LogP contribution in [0.4, 0.5) is 18.0 Å². The SMILES string of the molecule is CC(C)(C)OC(=O)N1CCC2(CC1)C(C#N)=C(S)Oc1n[nH]c(C(F)(F)F)c12. The minimum absolute atomic E-state index is 0.000859. The molecule has 152 valence electrons. The number of carbonyl (C=O) groups excluding carboxylic acids is 1. The first kappa shape index (κ1) is 20.4. The minimum atomic E-state index is -4.70. The number of piperidine rings is 1. The smallest absolute Gasteiger partial charge is 0.433 e. The third kappa shape index (κ3) is 3.41. The predicted octanol–water partition coefficient (Wildman–Crippen LogP) is 3.75. The number of H-pyrrole nitrogens is 1. The first-order valence-corrected chi connectivity index (χ1v) is 8.99. The standard InChI is InChI=1S/C17H19F3N4O3S/c1-15(2,3)27-14(25)24-6-4-16(5-7-24)9(8-21)13(28)26-12-10(16)11(22-23-12)17(18,19)20/h28H,4-7H2,1-3H3,(H,22,23). The molecule has 0 atom stereocenters. The summed E-state index contributed by atoms with van der Waals surface area (Å²) < 4.78 is 51.2. The number of alkyl halides is 3. The molecular weight excluding hydrogens is 397 g/mol. The Morgan fingerprint density at radius 1 is 1.36 bits per heavy atom. The number of nitrogens with one attached hydrogen (secondary N) is 1. The van der Waals surface area contributed by atoms with Crippen LogP contribution in [0.3, 0.4) is 0 Å². The predicted molar refractivity (Wildman–Crippen MR) is 94.6 cm³/mol. The average molecular weight is 416 g/mol. The number of nitriles is 1. The van der Waals surface area contributed by atoms with Gasteiger partial charge < -0.3 is 14.4 Å². The first-order valence-electron chi connectivity index (χ1n) is 8.55. The fourth-order valence-electron chi connectivity index (χ4n) is 3.57. The molecule has 0 aromatic carbocycles. The number of thiol groups is 1. The molecule has 0 radical (unpaired) electrons. The second kappa shape index (κ2) is 6.62. The van der Waals surface area contributed by atoms with Crippen molar-refractivity contribution in [1.82, 2.24) is 15.1 Å². The van der Waals surface area contributed by atoms with Crippen LogP contribution in [0.15, 0.2) is 10.7 Å². The number of rotatable bonds is 0. The summed E-state index contributed by atoms with van der Waals surface area (Å²) in [5.74, 6) is -0.248. The molecule has 1 fully saturated rings. The summed E-state index contributed by atoms with van der Waals surface area (Å²) in [4.78, 5) is 13.7. The molecule has 1 aromatic rings. The molecule has 11 heteroatoms.